The number of hydrogen-bond donors (Lipinski definition) is 2. The highest BCUT2D eigenvalue weighted by atomic mass is 16.5. The number of ether oxygens (including phenoxy) is 1. The van der Waals surface area contributed by atoms with Crippen LogP contribution in [0, 0.1) is 0 Å². The van der Waals surface area contributed by atoms with E-state index < -0.39 is 5.97 Å². The molecule has 3 heterocycles. The molecule has 1 saturated heterocycles. The quantitative estimate of drug-likeness (QED) is 0.624. The maximum absolute atomic E-state index is 12.5. The normalized spacial score (nSPS) is 22.5. The van der Waals surface area contributed by atoms with Crippen molar-refractivity contribution in [2.75, 3.05) is 50.5 Å². The van der Waals surface area contributed by atoms with Gasteiger partial charge in [0.25, 0.3) is 0 Å². The van der Waals surface area contributed by atoms with Gasteiger partial charge < -0.3 is 20.3 Å². The number of hydrogen-bond acceptors (Lipinski definition) is 9. The maximum Gasteiger partial charge on any atom is 0.343 e. The fraction of sp³-hybridized carbons (Fsp3) is 0.636. The van der Waals surface area contributed by atoms with Crippen LogP contribution >= 0.6 is 0 Å². The predicted molar refractivity (Wildman–Crippen MR) is 123 cm³/mol. The van der Waals surface area contributed by atoms with Crippen molar-refractivity contribution in [3.63, 3.8) is 0 Å². The first-order valence-corrected chi connectivity index (χ1v) is 11.5. The van der Waals surface area contributed by atoms with E-state index in [0.29, 0.717) is 30.0 Å². The molecule has 1 saturated carbocycles. The third kappa shape index (κ3) is 5.55. The van der Waals surface area contributed by atoms with Crippen LogP contribution in [0.15, 0.2) is 18.6 Å². The van der Waals surface area contributed by atoms with Gasteiger partial charge in [-0.25, -0.2) is 9.78 Å². The number of aryl methyl sites for hydroxylation is 1. The van der Waals surface area contributed by atoms with Gasteiger partial charge in [0.2, 0.25) is 5.95 Å². The van der Waals surface area contributed by atoms with E-state index >= 15 is 0 Å². The van der Waals surface area contributed by atoms with Crippen molar-refractivity contribution in [1.29, 1.82) is 0 Å². The maximum atomic E-state index is 12.5. The third-order valence-corrected chi connectivity index (χ3v) is 6.34. The number of likely N-dealkylation sites (N-methyl/N-ethyl adjacent to an activating group) is 1. The number of piperazine rings is 1. The number of aromatic nitrogens is 4. The van der Waals surface area contributed by atoms with Gasteiger partial charge >= 0.3 is 5.97 Å². The Bertz CT molecular complexity index is 901. The smallest absolute Gasteiger partial charge is 0.343 e. The number of nitrogens with one attached hydrogen (secondary N) is 2. The van der Waals surface area contributed by atoms with Gasteiger partial charge in [-0.2, -0.15) is 10.1 Å². The molecule has 4 rings (SSSR count). The Balaban J connectivity index is 1.42. The van der Waals surface area contributed by atoms with E-state index in [9.17, 15) is 4.79 Å². The molecule has 2 aromatic rings. The first kappa shape index (κ1) is 22.5. The number of carbonyl (C=O) groups is 1. The Morgan fingerprint density at radius 2 is 1.88 bits per heavy atom. The van der Waals surface area contributed by atoms with Gasteiger partial charge in [-0.3, -0.25) is 9.58 Å². The minimum absolute atomic E-state index is 0.271. The molecule has 32 heavy (non-hydrogen) atoms. The van der Waals surface area contributed by atoms with E-state index in [0.717, 1.165) is 57.5 Å². The summed E-state index contributed by atoms with van der Waals surface area (Å²) in [5.74, 6) is 0.529. The van der Waals surface area contributed by atoms with E-state index in [2.05, 4.69) is 42.5 Å². The van der Waals surface area contributed by atoms with Crippen molar-refractivity contribution in [1.82, 2.24) is 29.5 Å². The first-order valence-electron chi connectivity index (χ1n) is 11.5. The van der Waals surface area contributed by atoms with E-state index in [-0.39, 0.29) is 6.04 Å². The highest BCUT2D eigenvalue weighted by Crippen LogP contribution is 2.27. The number of nitrogens with zero attached hydrogens (tertiary/aromatic N) is 6. The van der Waals surface area contributed by atoms with Crippen LogP contribution in [-0.2, 0) is 11.8 Å². The zero-order chi connectivity index (χ0) is 22.5. The highest BCUT2D eigenvalue weighted by molar-refractivity contribution is 5.94. The lowest BCUT2D eigenvalue weighted by atomic mass is 9.89. The number of carbonyl (C=O) groups excluding carboxylic acids is 1. The van der Waals surface area contributed by atoms with Gasteiger partial charge in [0, 0.05) is 57.7 Å². The summed E-state index contributed by atoms with van der Waals surface area (Å²) in [7, 11) is 4.04. The Labute approximate surface area is 189 Å². The molecule has 1 aliphatic carbocycles. The topological polar surface area (TPSA) is 100 Å². The van der Waals surface area contributed by atoms with Crippen molar-refractivity contribution in [2.45, 2.75) is 44.7 Å². The predicted octanol–water partition coefficient (Wildman–Crippen LogP) is 2.10. The summed E-state index contributed by atoms with van der Waals surface area (Å²) in [5, 5.41) is 10.8. The van der Waals surface area contributed by atoms with Crippen molar-refractivity contribution in [3.8, 4) is 0 Å². The molecule has 2 fully saturated rings. The molecule has 0 amide bonds. The van der Waals surface area contributed by atoms with Crippen LogP contribution in [0.25, 0.3) is 0 Å². The van der Waals surface area contributed by atoms with E-state index in [1.54, 1.807) is 17.8 Å². The van der Waals surface area contributed by atoms with Crippen LogP contribution in [-0.4, -0.2) is 87.4 Å². The largest absolute Gasteiger partial charge is 0.462 e. The van der Waals surface area contributed by atoms with Crippen molar-refractivity contribution in [2.24, 2.45) is 7.05 Å². The van der Waals surface area contributed by atoms with Gasteiger partial charge in [0.1, 0.15) is 11.4 Å². The molecule has 10 nitrogen and oxygen atoms in total. The summed E-state index contributed by atoms with van der Waals surface area (Å²) >= 11 is 0. The summed E-state index contributed by atoms with van der Waals surface area (Å²) in [6.07, 6.45) is 9.49. The first-order chi connectivity index (χ1) is 15.5. The average molecular weight is 443 g/mol. The number of anilines is 3. The molecule has 2 N–H and O–H groups in total. The molecule has 2 aromatic heterocycles. The van der Waals surface area contributed by atoms with Crippen molar-refractivity contribution < 1.29 is 9.53 Å². The second-order valence-electron chi connectivity index (χ2n) is 8.69. The zero-order valence-electron chi connectivity index (χ0n) is 19.3. The third-order valence-electron chi connectivity index (χ3n) is 6.34. The summed E-state index contributed by atoms with van der Waals surface area (Å²) in [5.41, 5.74) is 1.15. The van der Waals surface area contributed by atoms with Gasteiger partial charge in [0.05, 0.1) is 18.5 Å². The van der Waals surface area contributed by atoms with Crippen molar-refractivity contribution >= 4 is 23.4 Å². The minimum atomic E-state index is -0.408. The highest BCUT2D eigenvalue weighted by Gasteiger charge is 2.28. The fourth-order valence-corrected chi connectivity index (χ4v) is 4.49. The van der Waals surface area contributed by atoms with Crippen LogP contribution in [0.1, 0.15) is 43.0 Å². The van der Waals surface area contributed by atoms with Crippen LogP contribution in [0.2, 0.25) is 0 Å². The van der Waals surface area contributed by atoms with Crippen LogP contribution in [0.4, 0.5) is 17.5 Å². The minimum Gasteiger partial charge on any atom is -0.462 e. The Kier molecular flexibility index (Phi) is 7.21. The molecular formula is C22H34N8O2. The molecule has 0 bridgehead atoms. The lowest BCUT2D eigenvalue weighted by Gasteiger charge is -2.41. The SMILES string of the molecule is CCOC(=O)c1cnc(Nc2cnn(C)c2)nc1NC1CCC(N2CCN(C)CC2)CC1. The molecule has 10 heteroatoms. The number of esters is 1. The standard InChI is InChI=1S/C22H34N8O2/c1-4-32-21(31)19-14-23-22(26-17-13-24-29(3)15-17)27-20(19)25-16-5-7-18(8-6-16)30-11-9-28(2)10-12-30/h13-16,18H,4-12H2,1-3H3,(H2,23,25,26,27). The summed E-state index contributed by atoms with van der Waals surface area (Å²) in [6, 6.07) is 0.924. The van der Waals surface area contributed by atoms with Gasteiger partial charge in [-0.1, -0.05) is 0 Å². The second-order valence-corrected chi connectivity index (χ2v) is 8.69. The molecular weight excluding hydrogens is 408 g/mol. The zero-order valence-corrected chi connectivity index (χ0v) is 19.3. The molecule has 0 unspecified atom stereocenters. The molecule has 0 aromatic carbocycles. The Morgan fingerprint density at radius 3 is 2.53 bits per heavy atom. The summed E-state index contributed by atoms with van der Waals surface area (Å²) in [4.78, 5) is 26.4. The second kappa shape index (κ2) is 10.3. The number of rotatable bonds is 7. The summed E-state index contributed by atoms with van der Waals surface area (Å²) < 4.78 is 6.92. The summed E-state index contributed by atoms with van der Waals surface area (Å²) in [6.45, 7) is 6.71. The molecule has 174 valence electrons. The van der Waals surface area contributed by atoms with Crippen LogP contribution < -0.4 is 10.6 Å². The van der Waals surface area contributed by atoms with E-state index in [1.807, 2.05) is 13.2 Å². The van der Waals surface area contributed by atoms with Crippen molar-refractivity contribution in [3.05, 3.63) is 24.2 Å². The molecule has 0 atom stereocenters. The van der Waals surface area contributed by atoms with Gasteiger partial charge in [0.15, 0.2) is 0 Å². The van der Waals surface area contributed by atoms with Gasteiger partial charge in [-0.15, -0.1) is 0 Å². The molecule has 0 spiro atoms. The lowest BCUT2D eigenvalue weighted by molar-refractivity contribution is 0.0526. The van der Waals surface area contributed by atoms with Crippen LogP contribution in [0.5, 0.6) is 0 Å². The molecule has 1 aliphatic heterocycles. The average Bonchev–Trinajstić information content (AvgIpc) is 3.20. The monoisotopic (exact) mass is 442 g/mol. The van der Waals surface area contributed by atoms with Crippen LogP contribution in [0.3, 0.4) is 0 Å². The lowest BCUT2D eigenvalue weighted by Crippen LogP contribution is -2.50. The Hall–Kier alpha value is -2.72. The Morgan fingerprint density at radius 1 is 1.12 bits per heavy atom. The van der Waals surface area contributed by atoms with Gasteiger partial charge in [-0.05, 0) is 39.7 Å². The molecule has 0 radical (unpaired) electrons. The van der Waals surface area contributed by atoms with E-state index in [4.69, 9.17) is 4.74 Å². The van der Waals surface area contributed by atoms with E-state index in [1.165, 1.54) is 6.20 Å². The fourth-order valence-electron chi connectivity index (χ4n) is 4.49. The molecule has 2 aliphatic rings.